The van der Waals surface area contributed by atoms with Crippen molar-refractivity contribution in [2.75, 3.05) is 0 Å². The van der Waals surface area contributed by atoms with Crippen molar-refractivity contribution >= 4 is 46.4 Å². The molecule has 7 aromatic rings. The van der Waals surface area contributed by atoms with E-state index in [9.17, 15) is 0 Å². The first-order valence-corrected chi connectivity index (χ1v) is 20.6. The zero-order chi connectivity index (χ0) is 43.1. The van der Waals surface area contributed by atoms with E-state index in [1.54, 1.807) is 0 Å². The van der Waals surface area contributed by atoms with E-state index in [0.717, 1.165) is 123 Å². The molecule has 302 valence electrons. The number of hydrogen-bond donors (Lipinski definition) is 2. The van der Waals surface area contributed by atoms with Gasteiger partial charge in [-0.3, -0.25) is 0 Å². The molecule has 2 aliphatic rings. The molecule has 0 fully saturated rings. The van der Waals surface area contributed by atoms with Gasteiger partial charge in [0.1, 0.15) is 0 Å². The van der Waals surface area contributed by atoms with Crippen molar-refractivity contribution < 1.29 is 0 Å². The van der Waals surface area contributed by atoms with E-state index in [2.05, 4.69) is 169 Å². The summed E-state index contributed by atoms with van der Waals surface area (Å²) in [5.74, 6) is 0. The van der Waals surface area contributed by atoms with E-state index in [0.29, 0.717) is 0 Å². The van der Waals surface area contributed by atoms with Crippen molar-refractivity contribution in [1.82, 2.24) is 19.9 Å². The van der Waals surface area contributed by atoms with Gasteiger partial charge >= 0.3 is 0 Å². The van der Waals surface area contributed by atoms with Crippen LogP contribution in [0.25, 0.3) is 112 Å². The number of azide groups is 2. The number of nitrogens with one attached hydrogen (secondary N) is 2. The number of benzene rings is 4. The smallest absolute Gasteiger partial charge is 0.0737 e. The number of aromatic amines is 2. The van der Waals surface area contributed by atoms with Gasteiger partial charge in [0.25, 0.3) is 0 Å². The van der Waals surface area contributed by atoms with Crippen LogP contribution in [0.4, 0.5) is 0 Å². The Morgan fingerprint density at radius 3 is 1.05 bits per heavy atom. The van der Waals surface area contributed by atoms with Crippen molar-refractivity contribution in [2.24, 2.45) is 10.2 Å². The van der Waals surface area contributed by atoms with Crippen molar-refractivity contribution in [3.05, 3.63) is 185 Å². The quantitative estimate of drug-likeness (QED) is 0.0891. The highest BCUT2D eigenvalue weighted by molar-refractivity contribution is 6.01. The Hall–Kier alpha value is -7.90. The lowest BCUT2D eigenvalue weighted by molar-refractivity contribution is 1.05. The second kappa shape index (κ2) is 16.3. The topological polar surface area (TPSA) is 155 Å². The molecule has 0 unspecified atom stereocenters. The Kier molecular flexibility index (Phi) is 10.4. The van der Waals surface area contributed by atoms with Crippen LogP contribution in [0.3, 0.4) is 0 Å². The fourth-order valence-electron chi connectivity index (χ4n) is 9.27. The molecule has 0 saturated carbocycles. The van der Waals surface area contributed by atoms with Gasteiger partial charge in [0.05, 0.1) is 35.9 Å². The van der Waals surface area contributed by atoms with Crippen molar-refractivity contribution in [3.63, 3.8) is 0 Å². The lowest BCUT2D eigenvalue weighted by Crippen LogP contribution is -1.95. The molecule has 0 spiro atoms. The number of aryl methyl sites for hydroxylation is 6. The largest absolute Gasteiger partial charge is 0.354 e. The van der Waals surface area contributed by atoms with E-state index < -0.39 is 0 Å². The average Bonchev–Trinajstić information content (AvgIpc) is 4.10. The Morgan fingerprint density at radius 2 is 0.726 bits per heavy atom. The Morgan fingerprint density at radius 1 is 0.419 bits per heavy atom. The molecule has 0 amide bonds. The van der Waals surface area contributed by atoms with E-state index >= 15 is 0 Å². The maximum absolute atomic E-state index is 8.99. The molecular weight excluding hydrogens is 765 g/mol. The number of H-pyrrole nitrogens is 2. The summed E-state index contributed by atoms with van der Waals surface area (Å²) < 4.78 is 0. The molecule has 62 heavy (non-hydrogen) atoms. The predicted molar refractivity (Wildman–Crippen MR) is 255 cm³/mol. The standard InChI is InChI=1S/C52H44N10/c1-29-23-31(3)47(32(4)24-29)51-43-19-15-39(57-43)49(37-11-7-35(8-12-37)27-55-61-53)41-17-21-45(59-41)52(48-33(5)25-30(2)26-34(48)6)46-22-18-42(60-46)50(40-16-20-44(51)58-40)38-13-9-36(10-14-38)28-56-62-54/h7-26,57,60H,27-28H2,1-6H3. The molecule has 0 aliphatic carbocycles. The highest BCUT2D eigenvalue weighted by Crippen LogP contribution is 2.41. The third kappa shape index (κ3) is 7.34. The molecule has 0 atom stereocenters. The van der Waals surface area contributed by atoms with Gasteiger partial charge in [0, 0.05) is 54.1 Å². The summed E-state index contributed by atoms with van der Waals surface area (Å²) in [6, 6.07) is 33.8. The summed E-state index contributed by atoms with van der Waals surface area (Å²) in [4.78, 5) is 24.7. The maximum Gasteiger partial charge on any atom is 0.0737 e. The summed E-state index contributed by atoms with van der Waals surface area (Å²) in [7, 11) is 0. The van der Waals surface area contributed by atoms with E-state index in [1.165, 1.54) is 11.1 Å². The molecule has 5 heterocycles. The van der Waals surface area contributed by atoms with Crippen LogP contribution in [-0.2, 0) is 13.1 Å². The van der Waals surface area contributed by atoms with Crippen LogP contribution in [0, 0.1) is 41.5 Å². The molecule has 2 N–H and O–H groups in total. The minimum Gasteiger partial charge on any atom is -0.354 e. The first-order chi connectivity index (χ1) is 30.1. The fourth-order valence-corrected chi connectivity index (χ4v) is 9.27. The van der Waals surface area contributed by atoms with Crippen LogP contribution >= 0.6 is 0 Å². The van der Waals surface area contributed by atoms with Crippen molar-refractivity contribution in [2.45, 2.75) is 54.6 Å². The van der Waals surface area contributed by atoms with E-state index in [4.69, 9.17) is 21.0 Å². The number of aromatic nitrogens is 4. The van der Waals surface area contributed by atoms with Crippen molar-refractivity contribution in [3.8, 4) is 44.5 Å². The number of rotatable bonds is 8. The first kappa shape index (κ1) is 39.6. The zero-order valence-electron chi connectivity index (χ0n) is 35.5. The summed E-state index contributed by atoms with van der Waals surface area (Å²) in [5.41, 5.74) is 42.0. The Balaban J connectivity index is 1.46. The van der Waals surface area contributed by atoms with Gasteiger partial charge in [-0.15, -0.1) is 0 Å². The van der Waals surface area contributed by atoms with Crippen LogP contribution in [0.2, 0.25) is 0 Å². The second-order valence-corrected chi connectivity index (χ2v) is 16.2. The summed E-state index contributed by atoms with van der Waals surface area (Å²) in [5, 5.41) is 7.59. The molecule has 0 saturated heterocycles. The minimum absolute atomic E-state index is 0.271. The van der Waals surface area contributed by atoms with Gasteiger partial charge in [-0.25, -0.2) is 9.97 Å². The van der Waals surface area contributed by atoms with Crippen LogP contribution in [0.15, 0.2) is 107 Å². The lowest BCUT2D eigenvalue weighted by Gasteiger charge is -2.13. The first-order valence-electron chi connectivity index (χ1n) is 20.6. The third-order valence-electron chi connectivity index (χ3n) is 11.7. The normalized spacial score (nSPS) is 11.7. The highest BCUT2D eigenvalue weighted by atomic mass is 15.1. The molecule has 10 nitrogen and oxygen atoms in total. The van der Waals surface area contributed by atoms with Gasteiger partial charge in [0.15, 0.2) is 0 Å². The lowest BCUT2D eigenvalue weighted by atomic mass is 9.92. The average molecular weight is 809 g/mol. The molecule has 3 aromatic heterocycles. The predicted octanol–water partition coefficient (Wildman–Crippen LogP) is 14.8. The molecule has 8 bridgehead atoms. The van der Waals surface area contributed by atoms with Gasteiger partial charge in [-0.2, -0.15) is 0 Å². The highest BCUT2D eigenvalue weighted by Gasteiger charge is 2.21. The van der Waals surface area contributed by atoms with Crippen molar-refractivity contribution in [1.29, 1.82) is 0 Å². The summed E-state index contributed by atoms with van der Waals surface area (Å²) in [6.07, 6.45) is 8.46. The second-order valence-electron chi connectivity index (χ2n) is 16.2. The van der Waals surface area contributed by atoms with Gasteiger partial charge in [-0.1, -0.05) is 94.2 Å². The van der Waals surface area contributed by atoms with Crippen LogP contribution in [-0.4, -0.2) is 19.9 Å². The molecule has 10 heteroatoms. The Labute approximate surface area is 359 Å². The SMILES string of the molecule is Cc1cc(C)c(-c2c3nc(c(-c4ccc(CN=[N+]=[N-])cc4)c4ccc([nH]4)c(-c4c(C)cc(C)cc4C)c4nc(c(-c5ccc(CN=[N+]=[N-])cc5)c5ccc2[nH]5)C=C4)C=C3)c(C)c1. The van der Waals surface area contributed by atoms with E-state index in [-0.39, 0.29) is 13.1 Å². The molecule has 9 rings (SSSR count). The van der Waals surface area contributed by atoms with Crippen LogP contribution < -0.4 is 0 Å². The minimum atomic E-state index is 0.271. The molecule has 2 aliphatic heterocycles. The fraction of sp³-hybridized carbons (Fsp3) is 0.154. The summed E-state index contributed by atoms with van der Waals surface area (Å²) in [6.45, 7) is 13.5. The maximum atomic E-state index is 8.99. The molecule has 0 radical (unpaired) electrons. The molecular formula is C52H44N10. The van der Waals surface area contributed by atoms with E-state index in [1.807, 2.05) is 24.3 Å². The third-order valence-corrected chi connectivity index (χ3v) is 11.7. The number of hydrogen-bond acceptors (Lipinski definition) is 4. The van der Waals surface area contributed by atoms with Crippen LogP contribution in [0.5, 0.6) is 0 Å². The summed E-state index contributed by atoms with van der Waals surface area (Å²) >= 11 is 0. The molecule has 4 aromatic carbocycles. The number of nitrogens with zero attached hydrogens (tertiary/aromatic N) is 8. The zero-order valence-corrected chi connectivity index (χ0v) is 35.5. The monoisotopic (exact) mass is 808 g/mol. The Bertz CT molecular complexity index is 3030. The number of fused-ring (bicyclic) bond motifs is 8. The van der Waals surface area contributed by atoms with Gasteiger partial charge < -0.3 is 9.97 Å². The van der Waals surface area contributed by atoms with Gasteiger partial charge in [0.2, 0.25) is 0 Å². The van der Waals surface area contributed by atoms with Crippen LogP contribution in [0.1, 0.15) is 67.3 Å². The van der Waals surface area contributed by atoms with Gasteiger partial charge in [-0.05, 0) is 157 Å².